The predicted octanol–water partition coefficient (Wildman–Crippen LogP) is 2.26. The molecule has 1 aromatic rings. The lowest BCUT2D eigenvalue weighted by Gasteiger charge is -2.27. The van der Waals surface area contributed by atoms with E-state index in [1.54, 1.807) is 24.3 Å². The van der Waals surface area contributed by atoms with E-state index in [1.807, 2.05) is 13.8 Å². The molecule has 84 valence electrons. The van der Waals surface area contributed by atoms with Gasteiger partial charge in [-0.3, -0.25) is 0 Å². The van der Waals surface area contributed by atoms with Gasteiger partial charge in [-0.1, -0.05) is 26.0 Å². The number of benzene rings is 1. The zero-order valence-corrected chi connectivity index (χ0v) is 9.20. The highest BCUT2D eigenvalue weighted by atomic mass is 19.1. The van der Waals surface area contributed by atoms with E-state index >= 15 is 0 Å². The Labute approximate surface area is 89.9 Å². The average Bonchev–Trinajstić information content (AvgIpc) is 2.17. The van der Waals surface area contributed by atoms with Crippen molar-refractivity contribution in [3.05, 3.63) is 29.8 Å². The average molecular weight is 211 g/mol. The molecule has 0 amide bonds. The van der Waals surface area contributed by atoms with Crippen LogP contribution in [0.1, 0.15) is 19.4 Å². The van der Waals surface area contributed by atoms with E-state index in [0.29, 0.717) is 0 Å². The van der Waals surface area contributed by atoms with Crippen LogP contribution in [0.3, 0.4) is 0 Å². The van der Waals surface area contributed by atoms with Crippen LogP contribution in [0.4, 0.5) is 4.39 Å². The van der Waals surface area contributed by atoms with Crippen molar-refractivity contribution in [1.29, 1.82) is 0 Å². The number of halogens is 1. The lowest BCUT2D eigenvalue weighted by molar-refractivity contribution is 0.110. The quantitative estimate of drug-likeness (QED) is 0.802. The highest BCUT2D eigenvalue weighted by molar-refractivity contribution is 5.28. The first kappa shape index (κ1) is 12.0. The topological polar surface area (TPSA) is 46.2 Å². The fraction of sp³-hybridized carbons (Fsp3) is 0.500. The summed E-state index contributed by atoms with van der Waals surface area (Å²) in [5.41, 5.74) is 4.84. The van der Waals surface area contributed by atoms with Gasteiger partial charge in [0.1, 0.15) is 11.4 Å². The maximum atomic E-state index is 14.3. The largest absolute Gasteiger partial charge is 0.508 e. The van der Waals surface area contributed by atoms with Gasteiger partial charge in [0, 0.05) is 13.0 Å². The number of hydrogen-bond donors (Lipinski definition) is 2. The molecule has 0 saturated heterocycles. The molecule has 3 heteroatoms. The van der Waals surface area contributed by atoms with Crippen molar-refractivity contribution < 1.29 is 9.50 Å². The summed E-state index contributed by atoms with van der Waals surface area (Å²) in [5.74, 6) is 0.0282. The van der Waals surface area contributed by atoms with Crippen LogP contribution in [0.5, 0.6) is 5.75 Å². The van der Waals surface area contributed by atoms with Crippen LogP contribution < -0.4 is 5.73 Å². The van der Waals surface area contributed by atoms with Gasteiger partial charge in [-0.2, -0.15) is 0 Å². The van der Waals surface area contributed by atoms with Gasteiger partial charge in [0.25, 0.3) is 0 Å². The molecule has 1 rings (SSSR count). The smallest absolute Gasteiger partial charge is 0.129 e. The zero-order chi connectivity index (χ0) is 11.5. The van der Waals surface area contributed by atoms with Crippen LogP contribution in [0.15, 0.2) is 24.3 Å². The summed E-state index contributed by atoms with van der Waals surface area (Å²) in [6.07, 6.45) is 0.246. The SMILES string of the molecule is CC(C)C(F)(CN)Cc1cccc(O)c1. The van der Waals surface area contributed by atoms with Gasteiger partial charge < -0.3 is 10.8 Å². The Morgan fingerprint density at radius 3 is 2.60 bits per heavy atom. The number of aromatic hydroxyl groups is 1. The minimum absolute atomic E-state index is 0.000320. The van der Waals surface area contributed by atoms with Crippen LogP contribution in [0.25, 0.3) is 0 Å². The highest BCUT2D eigenvalue weighted by Crippen LogP contribution is 2.26. The fourth-order valence-corrected chi connectivity index (χ4v) is 1.52. The Balaban J connectivity index is 2.84. The van der Waals surface area contributed by atoms with Gasteiger partial charge >= 0.3 is 0 Å². The Hall–Kier alpha value is -1.09. The van der Waals surface area contributed by atoms with Gasteiger partial charge in [-0.25, -0.2) is 4.39 Å². The van der Waals surface area contributed by atoms with Crippen molar-refractivity contribution in [2.24, 2.45) is 11.7 Å². The van der Waals surface area contributed by atoms with E-state index in [9.17, 15) is 9.50 Å². The number of phenolic OH excluding ortho intramolecular Hbond substituents is 1. The molecule has 0 saturated carbocycles. The monoisotopic (exact) mass is 211 g/mol. The van der Waals surface area contributed by atoms with Crippen molar-refractivity contribution in [1.82, 2.24) is 0 Å². The van der Waals surface area contributed by atoms with Gasteiger partial charge in [-0.15, -0.1) is 0 Å². The molecule has 3 N–H and O–H groups in total. The molecule has 2 nitrogen and oxygen atoms in total. The third-order valence-corrected chi connectivity index (χ3v) is 2.78. The molecule has 0 heterocycles. The first-order chi connectivity index (χ1) is 6.98. The van der Waals surface area contributed by atoms with Gasteiger partial charge in [0.15, 0.2) is 0 Å². The van der Waals surface area contributed by atoms with Crippen LogP contribution in [-0.2, 0) is 6.42 Å². The Morgan fingerprint density at radius 1 is 1.47 bits per heavy atom. The molecule has 1 atom stereocenters. The second-order valence-corrected chi connectivity index (χ2v) is 4.24. The second kappa shape index (κ2) is 4.62. The summed E-state index contributed by atoms with van der Waals surface area (Å²) >= 11 is 0. The minimum Gasteiger partial charge on any atom is -0.508 e. The number of alkyl halides is 1. The van der Waals surface area contributed by atoms with Crippen LogP contribution in [0, 0.1) is 5.92 Å². The van der Waals surface area contributed by atoms with Crippen LogP contribution in [0.2, 0.25) is 0 Å². The van der Waals surface area contributed by atoms with E-state index < -0.39 is 5.67 Å². The summed E-state index contributed by atoms with van der Waals surface area (Å²) in [6, 6.07) is 6.65. The summed E-state index contributed by atoms with van der Waals surface area (Å²) in [7, 11) is 0. The number of hydrogen-bond acceptors (Lipinski definition) is 2. The third kappa shape index (κ3) is 2.93. The minimum atomic E-state index is -1.40. The van der Waals surface area contributed by atoms with Gasteiger partial charge in [0.05, 0.1) is 0 Å². The van der Waals surface area contributed by atoms with Crippen molar-refractivity contribution in [3.63, 3.8) is 0 Å². The lowest BCUT2D eigenvalue weighted by atomic mass is 9.86. The molecular weight excluding hydrogens is 193 g/mol. The fourth-order valence-electron chi connectivity index (χ4n) is 1.52. The molecule has 1 aromatic carbocycles. The standard InChI is InChI=1S/C12H18FNO/c1-9(2)12(13,8-14)7-10-4-3-5-11(15)6-10/h3-6,9,15H,7-8,14H2,1-2H3. The number of nitrogens with two attached hydrogens (primary N) is 1. The van der Waals surface area contributed by atoms with Crippen molar-refractivity contribution >= 4 is 0 Å². The van der Waals surface area contributed by atoms with E-state index in [2.05, 4.69) is 0 Å². The molecular formula is C12H18FNO. The van der Waals surface area contributed by atoms with E-state index in [-0.39, 0.29) is 24.6 Å². The molecule has 0 bridgehead atoms. The van der Waals surface area contributed by atoms with E-state index in [4.69, 9.17) is 5.73 Å². The van der Waals surface area contributed by atoms with Crippen LogP contribution >= 0.6 is 0 Å². The van der Waals surface area contributed by atoms with Crippen molar-refractivity contribution in [3.8, 4) is 5.75 Å². The number of rotatable bonds is 4. The number of phenols is 1. The Bertz CT molecular complexity index is 327. The maximum absolute atomic E-state index is 14.3. The van der Waals surface area contributed by atoms with Crippen molar-refractivity contribution in [2.45, 2.75) is 25.9 Å². The summed E-state index contributed by atoms with van der Waals surface area (Å²) in [6.45, 7) is 3.63. The molecule has 0 aliphatic heterocycles. The van der Waals surface area contributed by atoms with Crippen molar-refractivity contribution in [2.75, 3.05) is 6.54 Å². The molecule has 0 aromatic heterocycles. The normalized spacial score (nSPS) is 15.3. The summed E-state index contributed by atoms with van der Waals surface area (Å²) < 4.78 is 14.3. The predicted molar refractivity (Wildman–Crippen MR) is 59.5 cm³/mol. The van der Waals surface area contributed by atoms with E-state index in [1.165, 1.54) is 0 Å². The summed E-state index contributed by atoms with van der Waals surface area (Å²) in [5, 5.41) is 9.27. The molecule has 0 aliphatic carbocycles. The molecule has 0 spiro atoms. The maximum Gasteiger partial charge on any atom is 0.129 e. The zero-order valence-electron chi connectivity index (χ0n) is 9.20. The van der Waals surface area contributed by atoms with Crippen LogP contribution in [-0.4, -0.2) is 17.3 Å². The highest BCUT2D eigenvalue weighted by Gasteiger charge is 2.32. The second-order valence-electron chi connectivity index (χ2n) is 4.24. The molecule has 1 unspecified atom stereocenters. The molecule has 0 fully saturated rings. The molecule has 0 aliphatic rings. The Morgan fingerprint density at radius 2 is 2.13 bits per heavy atom. The molecule has 15 heavy (non-hydrogen) atoms. The Kier molecular flexibility index (Phi) is 3.69. The van der Waals surface area contributed by atoms with Gasteiger partial charge in [-0.05, 0) is 23.6 Å². The van der Waals surface area contributed by atoms with Gasteiger partial charge in [0.2, 0.25) is 0 Å². The lowest BCUT2D eigenvalue weighted by Crippen LogP contribution is -2.40. The van der Waals surface area contributed by atoms with E-state index in [0.717, 1.165) is 5.56 Å². The molecule has 0 radical (unpaired) electrons. The first-order valence-corrected chi connectivity index (χ1v) is 5.15. The summed E-state index contributed by atoms with van der Waals surface area (Å²) in [4.78, 5) is 0. The third-order valence-electron chi connectivity index (χ3n) is 2.78. The first-order valence-electron chi connectivity index (χ1n) is 5.15.